The Hall–Kier alpha value is -2.60. The molecule has 2 aromatic rings. The van der Waals surface area contributed by atoms with Gasteiger partial charge in [0.05, 0.1) is 21.7 Å². The molecule has 0 aromatic heterocycles. The minimum atomic E-state index is -0.696. The third-order valence-corrected chi connectivity index (χ3v) is 5.36. The van der Waals surface area contributed by atoms with Gasteiger partial charge in [0.1, 0.15) is 18.2 Å². The van der Waals surface area contributed by atoms with Crippen molar-refractivity contribution >= 4 is 34.8 Å². The van der Waals surface area contributed by atoms with Gasteiger partial charge in [0.15, 0.2) is 0 Å². The van der Waals surface area contributed by atoms with Gasteiger partial charge in [-0.1, -0.05) is 31.5 Å². The first-order chi connectivity index (χ1) is 14.1. The number of hydrogen-bond donors (Lipinski definition) is 1. The van der Waals surface area contributed by atoms with Crippen LogP contribution >= 0.6 is 11.6 Å². The van der Waals surface area contributed by atoms with Gasteiger partial charge in [-0.25, -0.2) is 4.39 Å². The second-order valence-electron chi connectivity index (χ2n) is 8.55. The maximum absolute atomic E-state index is 14.0. The molecule has 160 valence electrons. The van der Waals surface area contributed by atoms with Crippen LogP contribution in [-0.2, 0) is 4.79 Å². The predicted molar refractivity (Wildman–Crippen MR) is 117 cm³/mol. The third-order valence-electron chi connectivity index (χ3n) is 5.04. The molecular formula is C23H26ClFN2O3. The summed E-state index contributed by atoms with van der Waals surface area (Å²) in [6, 6.07) is 9.14. The second kappa shape index (κ2) is 8.64. The summed E-state index contributed by atoms with van der Waals surface area (Å²) < 4.78 is 20.0. The lowest BCUT2D eigenvalue weighted by atomic mass is 9.92. The number of hydrogen-bond acceptors (Lipinski definition) is 3. The van der Waals surface area contributed by atoms with Crippen LogP contribution < -0.4 is 15.0 Å². The van der Waals surface area contributed by atoms with Crippen molar-refractivity contribution in [1.82, 2.24) is 0 Å². The summed E-state index contributed by atoms with van der Waals surface area (Å²) in [5.41, 5.74) is 0.187. The number of nitrogens with one attached hydrogen (secondary N) is 1. The Labute approximate surface area is 181 Å². The topological polar surface area (TPSA) is 58.6 Å². The molecule has 1 N–H and O–H groups in total. The van der Waals surface area contributed by atoms with Gasteiger partial charge in [-0.05, 0) is 50.5 Å². The molecule has 2 amide bonds. The molecule has 5 nitrogen and oxygen atoms in total. The van der Waals surface area contributed by atoms with E-state index in [1.807, 2.05) is 13.8 Å². The first-order valence-electron chi connectivity index (χ1n) is 9.94. The normalized spacial score (nSPS) is 15.4. The SMILES string of the molecule is CC(C)CCN1C(=O)C(C)(C)COc2cc(NC(=O)c3c(F)cccc3Cl)ccc21. The molecule has 0 atom stereocenters. The summed E-state index contributed by atoms with van der Waals surface area (Å²) in [7, 11) is 0. The number of fused-ring (bicyclic) bond motifs is 1. The fraction of sp³-hybridized carbons (Fsp3) is 0.391. The molecule has 1 aliphatic heterocycles. The van der Waals surface area contributed by atoms with Crippen LogP contribution in [0.25, 0.3) is 0 Å². The molecule has 0 fully saturated rings. The lowest BCUT2D eigenvalue weighted by Gasteiger charge is -2.28. The van der Waals surface area contributed by atoms with Crippen LogP contribution in [0.15, 0.2) is 36.4 Å². The molecule has 0 spiro atoms. The first-order valence-corrected chi connectivity index (χ1v) is 10.3. The van der Waals surface area contributed by atoms with E-state index < -0.39 is 17.1 Å². The highest BCUT2D eigenvalue weighted by Crippen LogP contribution is 2.38. The highest BCUT2D eigenvalue weighted by atomic mass is 35.5. The summed E-state index contributed by atoms with van der Waals surface area (Å²) in [5, 5.41) is 2.69. The number of rotatable bonds is 5. The maximum atomic E-state index is 14.0. The molecule has 2 aromatic carbocycles. The molecular weight excluding hydrogens is 407 g/mol. The van der Waals surface area contributed by atoms with E-state index in [9.17, 15) is 14.0 Å². The van der Waals surface area contributed by atoms with Crippen LogP contribution in [0.2, 0.25) is 5.02 Å². The zero-order valence-corrected chi connectivity index (χ0v) is 18.3. The molecule has 0 saturated heterocycles. The van der Waals surface area contributed by atoms with Crippen molar-refractivity contribution in [2.75, 3.05) is 23.4 Å². The summed E-state index contributed by atoms with van der Waals surface area (Å²) in [6.45, 7) is 8.72. The van der Waals surface area contributed by atoms with Crippen LogP contribution in [0.1, 0.15) is 44.5 Å². The Balaban J connectivity index is 1.91. The monoisotopic (exact) mass is 432 g/mol. The lowest BCUT2D eigenvalue weighted by molar-refractivity contribution is -0.127. The highest BCUT2D eigenvalue weighted by molar-refractivity contribution is 6.34. The standard InChI is InChI=1S/C23H26ClFN2O3/c1-14(2)10-11-27-18-9-8-15(12-19(18)30-13-23(3,4)22(27)29)26-21(28)20-16(24)6-5-7-17(20)25/h5-9,12,14H,10-11,13H2,1-4H3,(H,26,28). The van der Waals surface area contributed by atoms with Crippen LogP contribution in [0.4, 0.5) is 15.8 Å². The van der Waals surface area contributed by atoms with Crippen molar-refractivity contribution in [1.29, 1.82) is 0 Å². The first kappa shape index (κ1) is 22.1. The second-order valence-corrected chi connectivity index (χ2v) is 8.95. The number of carbonyl (C=O) groups is 2. The van der Waals surface area contributed by atoms with Gasteiger partial charge in [-0.15, -0.1) is 0 Å². The van der Waals surface area contributed by atoms with E-state index in [-0.39, 0.29) is 23.1 Å². The lowest BCUT2D eigenvalue weighted by Crippen LogP contribution is -2.42. The molecule has 0 unspecified atom stereocenters. The molecule has 0 aliphatic carbocycles. The molecule has 0 radical (unpaired) electrons. The minimum Gasteiger partial charge on any atom is -0.490 e. The average Bonchev–Trinajstić information content (AvgIpc) is 2.75. The highest BCUT2D eigenvalue weighted by Gasteiger charge is 2.37. The number of carbonyl (C=O) groups excluding carboxylic acids is 2. The van der Waals surface area contributed by atoms with E-state index >= 15 is 0 Å². The van der Waals surface area contributed by atoms with Crippen LogP contribution in [0.3, 0.4) is 0 Å². The fourth-order valence-corrected chi connectivity index (χ4v) is 3.49. The van der Waals surface area contributed by atoms with Crippen LogP contribution in [0, 0.1) is 17.2 Å². The minimum absolute atomic E-state index is 0.00294. The Morgan fingerprint density at radius 2 is 2.03 bits per heavy atom. The smallest absolute Gasteiger partial charge is 0.260 e. The Bertz CT molecular complexity index is 955. The number of benzene rings is 2. The number of anilines is 2. The van der Waals surface area contributed by atoms with Crippen molar-refractivity contribution in [3.8, 4) is 5.75 Å². The van der Waals surface area contributed by atoms with Gasteiger partial charge in [-0.2, -0.15) is 0 Å². The van der Waals surface area contributed by atoms with Gasteiger partial charge in [-0.3, -0.25) is 9.59 Å². The molecule has 7 heteroatoms. The zero-order valence-electron chi connectivity index (χ0n) is 17.6. The van der Waals surface area contributed by atoms with E-state index in [4.69, 9.17) is 16.3 Å². The summed E-state index contributed by atoms with van der Waals surface area (Å²) in [4.78, 5) is 27.4. The molecule has 1 aliphatic rings. The zero-order chi connectivity index (χ0) is 22.1. The quantitative estimate of drug-likeness (QED) is 0.675. The molecule has 3 rings (SSSR count). The predicted octanol–water partition coefficient (Wildman–Crippen LogP) is 5.53. The molecule has 0 saturated carbocycles. The van der Waals surface area contributed by atoms with Gasteiger partial charge in [0.2, 0.25) is 5.91 Å². The van der Waals surface area contributed by atoms with Crippen molar-refractivity contribution in [2.24, 2.45) is 11.3 Å². The van der Waals surface area contributed by atoms with Gasteiger partial charge in [0, 0.05) is 18.3 Å². The van der Waals surface area contributed by atoms with E-state index in [1.54, 1.807) is 23.1 Å². The van der Waals surface area contributed by atoms with Crippen molar-refractivity contribution in [3.05, 3.63) is 52.8 Å². The van der Waals surface area contributed by atoms with Crippen LogP contribution in [-0.4, -0.2) is 25.0 Å². The average molecular weight is 433 g/mol. The number of nitrogens with zero attached hydrogens (tertiary/aromatic N) is 1. The van der Waals surface area contributed by atoms with Gasteiger partial charge >= 0.3 is 0 Å². The Morgan fingerprint density at radius 3 is 2.70 bits per heavy atom. The van der Waals surface area contributed by atoms with Crippen LogP contribution in [0.5, 0.6) is 5.75 Å². The maximum Gasteiger partial charge on any atom is 0.260 e. The van der Waals surface area contributed by atoms with Gasteiger partial charge in [0.25, 0.3) is 5.91 Å². The van der Waals surface area contributed by atoms with E-state index in [2.05, 4.69) is 19.2 Å². The molecule has 1 heterocycles. The fourth-order valence-electron chi connectivity index (χ4n) is 3.24. The van der Waals surface area contributed by atoms with Gasteiger partial charge < -0.3 is 15.0 Å². The Kier molecular flexibility index (Phi) is 6.36. The van der Waals surface area contributed by atoms with Crippen molar-refractivity contribution in [3.63, 3.8) is 0 Å². The van der Waals surface area contributed by atoms with E-state index in [1.165, 1.54) is 18.2 Å². The summed E-state index contributed by atoms with van der Waals surface area (Å²) in [5.74, 6) is -0.414. The molecule has 30 heavy (non-hydrogen) atoms. The largest absolute Gasteiger partial charge is 0.490 e. The summed E-state index contributed by atoms with van der Waals surface area (Å²) in [6.07, 6.45) is 0.853. The number of ether oxygens (including phenoxy) is 1. The van der Waals surface area contributed by atoms with Crippen molar-refractivity contribution in [2.45, 2.75) is 34.1 Å². The molecule has 0 bridgehead atoms. The summed E-state index contributed by atoms with van der Waals surface area (Å²) >= 11 is 5.98. The Morgan fingerprint density at radius 1 is 1.30 bits per heavy atom. The van der Waals surface area contributed by atoms with E-state index in [0.29, 0.717) is 29.6 Å². The third kappa shape index (κ3) is 4.59. The van der Waals surface area contributed by atoms with E-state index in [0.717, 1.165) is 6.42 Å². The number of amides is 2. The number of halogens is 2. The van der Waals surface area contributed by atoms with Crippen molar-refractivity contribution < 1.29 is 18.7 Å².